The first-order valence-corrected chi connectivity index (χ1v) is 10.2. The minimum absolute atomic E-state index is 0.154. The molecule has 0 spiro atoms. The molecule has 0 aliphatic carbocycles. The average Bonchev–Trinajstić information content (AvgIpc) is 2.73. The molecule has 27 heavy (non-hydrogen) atoms. The third-order valence-corrected chi connectivity index (χ3v) is 6.38. The van der Waals surface area contributed by atoms with Crippen LogP contribution in [0.5, 0.6) is 0 Å². The summed E-state index contributed by atoms with van der Waals surface area (Å²) in [5.74, 6) is -0.712. The fraction of sp³-hybridized carbons (Fsp3) is 0.316. The van der Waals surface area contributed by atoms with Gasteiger partial charge in [-0.05, 0) is 44.0 Å². The second kappa shape index (κ2) is 8.41. The van der Waals surface area contributed by atoms with Gasteiger partial charge in [0.2, 0.25) is 15.9 Å². The number of nitrogens with one attached hydrogen (secondary N) is 1. The SMILES string of the molecule is CC(=NNC(=O)C1CCCN(S(=O)(=O)c2ccccc2)C1)c1ccccn1. The van der Waals surface area contributed by atoms with Crippen LogP contribution in [-0.4, -0.2) is 42.4 Å². The highest BCUT2D eigenvalue weighted by Gasteiger charge is 2.33. The molecule has 1 amide bonds. The van der Waals surface area contributed by atoms with Crippen LogP contribution in [0.1, 0.15) is 25.5 Å². The molecule has 2 aromatic rings. The number of sulfonamides is 1. The van der Waals surface area contributed by atoms with E-state index < -0.39 is 15.9 Å². The van der Waals surface area contributed by atoms with E-state index in [1.54, 1.807) is 55.6 Å². The van der Waals surface area contributed by atoms with E-state index >= 15 is 0 Å². The number of hydrazone groups is 1. The van der Waals surface area contributed by atoms with Crippen molar-refractivity contribution in [2.45, 2.75) is 24.7 Å². The molecule has 8 heteroatoms. The molecule has 1 aliphatic rings. The Hall–Kier alpha value is -2.58. The fourth-order valence-corrected chi connectivity index (χ4v) is 4.53. The van der Waals surface area contributed by atoms with Crippen molar-refractivity contribution < 1.29 is 13.2 Å². The molecular formula is C19H22N4O3S. The molecule has 0 bridgehead atoms. The average molecular weight is 386 g/mol. The largest absolute Gasteiger partial charge is 0.273 e. The quantitative estimate of drug-likeness (QED) is 0.629. The number of benzene rings is 1. The van der Waals surface area contributed by atoms with Crippen LogP contribution in [0, 0.1) is 5.92 Å². The molecule has 0 saturated carbocycles. The molecule has 1 fully saturated rings. The summed E-state index contributed by atoms with van der Waals surface area (Å²) < 4.78 is 26.9. The lowest BCUT2D eigenvalue weighted by atomic mass is 9.99. The Morgan fingerprint density at radius 1 is 1.19 bits per heavy atom. The van der Waals surface area contributed by atoms with Crippen molar-refractivity contribution in [3.05, 3.63) is 60.4 Å². The van der Waals surface area contributed by atoms with Crippen molar-refractivity contribution in [3.8, 4) is 0 Å². The highest BCUT2D eigenvalue weighted by Crippen LogP contribution is 2.23. The maximum absolute atomic E-state index is 12.8. The Kier molecular flexibility index (Phi) is 5.98. The zero-order valence-corrected chi connectivity index (χ0v) is 15.9. The van der Waals surface area contributed by atoms with Gasteiger partial charge in [-0.25, -0.2) is 13.8 Å². The van der Waals surface area contributed by atoms with Crippen LogP contribution in [0.25, 0.3) is 0 Å². The maximum atomic E-state index is 12.8. The summed E-state index contributed by atoms with van der Waals surface area (Å²) in [5, 5.41) is 4.10. The number of aromatic nitrogens is 1. The number of carbonyl (C=O) groups excluding carboxylic acids is 1. The van der Waals surface area contributed by atoms with Gasteiger partial charge < -0.3 is 0 Å². The Morgan fingerprint density at radius 3 is 2.63 bits per heavy atom. The van der Waals surface area contributed by atoms with Gasteiger partial charge >= 0.3 is 0 Å². The molecule has 2 heterocycles. The minimum Gasteiger partial charge on any atom is -0.273 e. The van der Waals surface area contributed by atoms with Gasteiger partial charge in [0.05, 0.1) is 22.2 Å². The molecule has 0 radical (unpaired) electrons. The van der Waals surface area contributed by atoms with Crippen molar-refractivity contribution in [2.75, 3.05) is 13.1 Å². The van der Waals surface area contributed by atoms with E-state index in [1.807, 2.05) is 6.07 Å². The van der Waals surface area contributed by atoms with E-state index in [0.29, 0.717) is 30.8 Å². The van der Waals surface area contributed by atoms with Crippen molar-refractivity contribution in [1.82, 2.24) is 14.7 Å². The maximum Gasteiger partial charge on any atom is 0.244 e. The number of piperidine rings is 1. The number of carbonyl (C=O) groups is 1. The highest BCUT2D eigenvalue weighted by molar-refractivity contribution is 7.89. The first-order valence-electron chi connectivity index (χ1n) is 8.79. The van der Waals surface area contributed by atoms with Crippen LogP contribution in [0.2, 0.25) is 0 Å². The van der Waals surface area contributed by atoms with Crippen LogP contribution in [0.3, 0.4) is 0 Å². The Bertz CT molecular complexity index is 914. The number of amides is 1. The zero-order valence-electron chi connectivity index (χ0n) is 15.1. The lowest BCUT2D eigenvalue weighted by molar-refractivity contribution is -0.126. The van der Waals surface area contributed by atoms with E-state index in [-0.39, 0.29) is 17.3 Å². The van der Waals surface area contributed by atoms with Crippen molar-refractivity contribution >= 4 is 21.6 Å². The smallest absolute Gasteiger partial charge is 0.244 e. The van der Waals surface area contributed by atoms with Crippen LogP contribution in [0.15, 0.2) is 64.7 Å². The first-order chi connectivity index (χ1) is 13.0. The van der Waals surface area contributed by atoms with Crippen LogP contribution in [0.4, 0.5) is 0 Å². The molecular weight excluding hydrogens is 364 g/mol. The van der Waals surface area contributed by atoms with Gasteiger partial charge in [-0.15, -0.1) is 0 Å². The molecule has 1 saturated heterocycles. The van der Waals surface area contributed by atoms with Gasteiger partial charge in [0.25, 0.3) is 0 Å². The first kappa shape index (κ1) is 19.2. The molecule has 1 atom stereocenters. The van der Waals surface area contributed by atoms with Crippen molar-refractivity contribution in [3.63, 3.8) is 0 Å². The molecule has 1 aromatic carbocycles. The molecule has 142 valence electrons. The van der Waals surface area contributed by atoms with Gasteiger partial charge in [-0.3, -0.25) is 9.78 Å². The van der Waals surface area contributed by atoms with E-state index in [4.69, 9.17) is 0 Å². The predicted molar refractivity (Wildman–Crippen MR) is 103 cm³/mol. The molecule has 3 rings (SSSR count). The molecule has 7 nitrogen and oxygen atoms in total. The zero-order chi connectivity index (χ0) is 19.3. The standard InChI is InChI=1S/C19H22N4O3S/c1-15(18-11-5-6-12-20-18)21-22-19(24)16-8-7-13-23(14-16)27(25,26)17-9-3-2-4-10-17/h2-6,9-12,16H,7-8,13-14H2,1H3,(H,22,24). The fourth-order valence-electron chi connectivity index (χ4n) is 2.98. The topological polar surface area (TPSA) is 91.7 Å². The van der Waals surface area contributed by atoms with E-state index in [2.05, 4.69) is 15.5 Å². The highest BCUT2D eigenvalue weighted by atomic mass is 32.2. The summed E-state index contributed by atoms with van der Waals surface area (Å²) in [5.41, 5.74) is 3.82. The van der Waals surface area contributed by atoms with Gasteiger partial charge in [0.1, 0.15) is 0 Å². The number of nitrogens with zero attached hydrogens (tertiary/aromatic N) is 3. The van der Waals surface area contributed by atoms with Crippen molar-refractivity contribution in [2.24, 2.45) is 11.0 Å². The second-order valence-corrected chi connectivity index (χ2v) is 8.34. The Labute approximate surface area is 159 Å². The number of hydrogen-bond donors (Lipinski definition) is 1. The van der Waals surface area contributed by atoms with Crippen LogP contribution < -0.4 is 5.43 Å². The van der Waals surface area contributed by atoms with E-state index in [9.17, 15) is 13.2 Å². The lowest BCUT2D eigenvalue weighted by Gasteiger charge is -2.30. The summed E-state index contributed by atoms with van der Waals surface area (Å²) >= 11 is 0. The lowest BCUT2D eigenvalue weighted by Crippen LogP contribution is -2.44. The summed E-state index contributed by atoms with van der Waals surface area (Å²) in [6.07, 6.45) is 2.92. The summed E-state index contributed by atoms with van der Waals surface area (Å²) in [7, 11) is -3.60. The van der Waals surface area contributed by atoms with E-state index in [1.165, 1.54) is 4.31 Å². The Balaban J connectivity index is 1.66. The number of pyridine rings is 1. The normalized spacial score (nSPS) is 18.9. The molecule has 1 aromatic heterocycles. The third kappa shape index (κ3) is 4.58. The third-order valence-electron chi connectivity index (χ3n) is 4.51. The van der Waals surface area contributed by atoms with Crippen molar-refractivity contribution in [1.29, 1.82) is 0 Å². The number of hydrogen-bond acceptors (Lipinski definition) is 5. The summed E-state index contributed by atoms with van der Waals surface area (Å²) in [4.78, 5) is 16.9. The van der Waals surface area contributed by atoms with Gasteiger partial charge in [-0.1, -0.05) is 24.3 Å². The number of rotatable bonds is 5. The second-order valence-electron chi connectivity index (χ2n) is 6.40. The van der Waals surface area contributed by atoms with Gasteiger partial charge in [0, 0.05) is 19.3 Å². The predicted octanol–water partition coefficient (Wildman–Crippen LogP) is 2.02. The molecule has 1 aliphatic heterocycles. The summed E-state index contributed by atoms with van der Waals surface area (Å²) in [6.45, 7) is 2.33. The molecule has 1 N–H and O–H groups in total. The van der Waals surface area contributed by atoms with Gasteiger partial charge in [-0.2, -0.15) is 9.41 Å². The Morgan fingerprint density at radius 2 is 1.93 bits per heavy atom. The van der Waals surface area contributed by atoms with E-state index in [0.717, 1.165) is 0 Å². The van der Waals surface area contributed by atoms with Crippen LogP contribution >= 0.6 is 0 Å². The minimum atomic E-state index is -3.60. The van der Waals surface area contributed by atoms with Crippen LogP contribution in [-0.2, 0) is 14.8 Å². The summed E-state index contributed by atoms with van der Waals surface area (Å²) in [6, 6.07) is 13.7. The molecule has 1 unspecified atom stereocenters. The van der Waals surface area contributed by atoms with Gasteiger partial charge in [0.15, 0.2) is 0 Å². The monoisotopic (exact) mass is 386 g/mol.